The van der Waals surface area contributed by atoms with Gasteiger partial charge in [-0.25, -0.2) is 4.39 Å². The van der Waals surface area contributed by atoms with Gasteiger partial charge in [0.25, 0.3) is 0 Å². The molecule has 0 unspecified atom stereocenters. The molecule has 0 bridgehead atoms. The smallest absolute Gasteiger partial charge is 0.149 e. The number of para-hydroxylation sites is 1. The van der Waals surface area contributed by atoms with E-state index in [1.54, 1.807) is 6.07 Å². The molecular formula is C13H14Cl2FN3. The molecule has 102 valence electrons. The van der Waals surface area contributed by atoms with Crippen molar-refractivity contribution in [2.45, 2.75) is 0 Å². The Balaban J connectivity index is 0.00000133. The third kappa shape index (κ3) is 2.61. The van der Waals surface area contributed by atoms with Crippen molar-refractivity contribution < 1.29 is 4.39 Å². The van der Waals surface area contributed by atoms with Gasteiger partial charge in [-0.05, 0) is 6.07 Å². The van der Waals surface area contributed by atoms with Gasteiger partial charge in [0.2, 0.25) is 0 Å². The molecule has 0 spiro atoms. The number of benzene rings is 1. The lowest BCUT2D eigenvalue weighted by Gasteiger charge is -2.31. The maximum atomic E-state index is 13.7. The van der Waals surface area contributed by atoms with Crippen LogP contribution in [0.2, 0.25) is 5.02 Å². The average molecular weight is 302 g/mol. The van der Waals surface area contributed by atoms with Crippen LogP contribution < -0.4 is 10.2 Å². The third-order valence-corrected chi connectivity index (χ3v) is 3.48. The second-order valence-electron chi connectivity index (χ2n) is 4.33. The predicted molar refractivity (Wildman–Crippen MR) is 79.0 cm³/mol. The monoisotopic (exact) mass is 301 g/mol. The number of fused-ring (bicyclic) bond motifs is 1. The van der Waals surface area contributed by atoms with Crippen molar-refractivity contribution in [1.29, 1.82) is 0 Å². The number of nitrogens with one attached hydrogen (secondary N) is 1. The van der Waals surface area contributed by atoms with Crippen LogP contribution in [0.4, 0.5) is 10.1 Å². The van der Waals surface area contributed by atoms with Crippen LogP contribution >= 0.6 is 24.0 Å². The molecule has 1 N–H and O–H groups in total. The van der Waals surface area contributed by atoms with Crippen molar-refractivity contribution in [3.05, 3.63) is 35.2 Å². The number of nitrogens with zero attached hydrogens (tertiary/aromatic N) is 2. The fraction of sp³-hybridized carbons (Fsp3) is 0.308. The zero-order chi connectivity index (χ0) is 12.5. The topological polar surface area (TPSA) is 28.2 Å². The van der Waals surface area contributed by atoms with Crippen LogP contribution in [0.5, 0.6) is 0 Å². The first-order valence-corrected chi connectivity index (χ1v) is 6.33. The zero-order valence-corrected chi connectivity index (χ0v) is 11.8. The molecule has 2 aromatic rings. The molecule has 1 aliphatic heterocycles. The molecule has 3 nitrogen and oxygen atoms in total. The Kier molecular flexibility index (Phi) is 4.45. The molecule has 3 rings (SSSR count). The second kappa shape index (κ2) is 5.90. The number of hydrogen-bond donors (Lipinski definition) is 1. The van der Waals surface area contributed by atoms with E-state index < -0.39 is 0 Å². The fourth-order valence-electron chi connectivity index (χ4n) is 2.36. The summed E-state index contributed by atoms with van der Waals surface area (Å²) in [7, 11) is 0. The van der Waals surface area contributed by atoms with Crippen LogP contribution in [0, 0.1) is 5.82 Å². The van der Waals surface area contributed by atoms with Crippen LogP contribution in [0.15, 0.2) is 24.4 Å². The Labute approximate surface area is 122 Å². The zero-order valence-electron chi connectivity index (χ0n) is 10.2. The third-order valence-electron chi connectivity index (χ3n) is 3.21. The second-order valence-corrected chi connectivity index (χ2v) is 4.73. The Hall–Kier alpha value is -1.10. The van der Waals surface area contributed by atoms with Gasteiger partial charge in [-0.1, -0.05) is 23.7 Å². The van der Waals surface area contributed by atoms with Gasteiger partial charge >= 0.3 is 0 Å². The number of piperazine rings is 1. The minimum absolute atomic E-state index is 0. The van der Waals surface area contributed by atoms with E-state index in [-0.39, 0.29) is 18.2 Å². The summed E-state index contributed by atoms with van der Waals surface area (Å²) in [5.74, 6) is -0.305. The van der Waals surface area contributed by atoms with E-state index >= 15 is 0 Å². The van der Waals surface area contributed by atoms with Crippen molar-refractivity contribution in [3.8, 4) is 0 Å². The van der Waals surface area contributed by atoms with Crippen LogP contribution in [0.3, 0.4) is 0 Å². The van der Waals surface area contributed by atoms with Gasteiger partial charge in [-0.15, -0.1) is 12.4 Å². The van der Waals surface area contributed by atoms with Crippen LogP contribution in [0.1, 0.15) is 0 Å². The summed E-state index contributed by atoms with van der Waals surface area (Å²) in [6, 6.07) is 4.99. The molecule has 0 amide bonds. The minimum atomic E-state index is -0.305. The van der Waals surface area contributed by atoms with Gasteiger partial charge in [0.15, 0.2) is 0 Å². The lowest BCUT2D eigenvalue weighted by atomic mass is 10.1. The van der Waals surface area contributed by atoms with Gasteiger partial charge in [-0.2, -0.15) is 0 Å². The highest BCUT2D eigenvalue weighted by Crippen LogP contribution is 2.33. The minimum Gasteiger partial charge on any atom is -0.367 e. The maximum absolute atomic E-state index is 13.7. The highest BCUT2D eigenvalue weighted by Gasteiger charge is 2.18. The molecule has 1 aromatic carbocycles. The molecule has 0 radical (unpaired) electrons. The van der Waals surface area contributed by atoms with Crippen molar-refractivity contribution >= 4 is 40.6 Å². The fourth-order valence-corrected chi connectivity index (χ4v) is 2.63. The van der Waals surface area contributed by atoms with Gasteiger partial charge in [0.1, 0.15) is 11.3 Å². The molecule has 6 heteroatoms. The van der Waals surface area contributed by atoms with E-state index in [4.69, 9.17) is 11.6 Å². The number of pyridine rings is 1. The average Bonchev–Trinajstić information content (AvgIpc) is 2.40. The normalized spacial score (nSPS) is 15.4. The molecule has 1 aliphatic rings. The molecule has 0 aliphatic carbocycles. The van der Waals surface area contributed by atoms with Crippen LogP contribution in [0.25, 0.3) is 10.9 Å². The highest BCUT2D eigenvalue weighted by atomic mass is 35.5. The molecule has 2 heterocycles. The lowest BCUT2D eigenvalue weighted by Crippen LogP contribution is -2.43. The summed E-state index contributed by atoms with van der Waals surface area (Å²) in [5, 5.41) is 4.65. The van der Waals surface area contributed by atoms with E-state index in [0.717, 1.165) is 37.3 Å². The summed E-state index contributed by atoms with van der Waals surface area (Å²) in [5.41, 5.74) is 1.28. The molecule has 0 saturated carbocycles. The first-order valence-electron chi connectivity index (χ1n) is 5.96. The Morgan fingerprint density at radius 2 is 2.00 bits per heavy atom. The summed E-state index contributed by atoms with van der Waals surface area (Å²) in [6.45, 7) is 3.57. The van der Waals surface area contributed by atoms with Gasteiger partial charge < -0.3 is 10.2 Å². The Bertz CT molecular complexity index is 585. The van der Waals surface area contributed by atoms with Gasteiger partial charge in [0, 0.05) is 37.8 Å². The number of rotatable bonds is 1. The van der Waals surface area contributed by atoms with E-state index in [9.17, 15) is 4.39 Å². The molecular weight excluding hydrogens is 288 g/mol. The quantitative estimate of drug-likeness (QED) is 0.878. The summed E-state index contributed by atoms with van der Waals surface area (Å²) in [4.78, 5) is 6.27. The number of hydrogen-bond acceptors (Lipinski definition) is 3. The van der Waals surface area contributed by atoms with Gasteiger partial charge in [-0.3, -0.25) is 4.98 Å². The number of aromatic nitrogens is 1. The van der Waals surface area contributed by atoms with E-state index in [1.807, 2.05) is 6.07 Å². The molecule has 0 atom stereocenters. The first-order chi connectivity index (χ1) is 8.77. The lowest BCUT2D eigenvalue weighted by molar-refractivity contribution is 0.590. The van der Waals surface area contributed by atoms with Crippen LogP contribution in [-0.4, -0.2) is 31.2 Å². The standard InChI is InChI=1S/C13H13ClFN3.ClH/c14-10-8-17-12-9(2-1-3-11(12)15)13(10)18-6-4-16-5-7-18;/h1-3,8,16H,4-7H2;1H. The summed E-state index contributed by atoms with van der Waals surface area (Å²) in [6.07, 6.45) is 1.53. The SMILES string of the molecule is Cl.Fc1cccc2c(N3CCNCC3)c(Cl)cnc12. The predicted octanol–water partition coefficient (Wildman–Crippen LogP) is 2.86. The van der Waals surface area contributed by atoms with Gasteiger partial charge in [0.05, 0.1) is 10.7 Å². The molecule has 1 aromatic heterocycles. The molecule has 1 fully saturated rings. The van der Waals surface area contributed by atoms with E-state index in [2.05, 4.69) is 15.2 Å². The van der Waals surface area contributed by atoms with E-state index in [1.165, 1.54) is 12.3 Å². The highest BCUT2D eigenvalue weighted by molar-refractivity contribution is 6.34. The summed E-state index contributed by atoms with van der Waals surface area (Å²) >= 11 is 6.24. The van der Waals surface area contributed by atoms with E-state index in [0.29, 0.717) is 10.5 Å². The van der Waals surface area contributed by atoms with Crippen molar-refractivity contribution in [1.82, 2.24) is 10.3 Å². The summed E-state index contributed by atoms with van der Waals surface area (Å²) < 4.78 is 13.7. The molecule has 19 heavy (non-hydrogen) atoms. The molecule has 1 saturated heterocycles. The Morgan fingerprint density at radius 3 is 2.74 bits per heavy atom. The number of anilines is 1. The number of halogens is 3. The van der Waals surface area contributed by atoms with Crippen molar-refractivity contribution in [3.63, 3.8) is 0 Å². The van der Waals surface area contributed by atoms with Crippen molar-refractivity contribution in [2.75, 3.05) is 31.1 Å². The van der Waals surface area contributed by atoms with Crippen molar-refractivity contribution in [2.24, 2.45) is 0 Å². The maximum Gasteiger partial charge on any atom is 0.149 e. The Morgan fingerprint density at radius 1 is 1.26 bits per heavy atom. The largest absolute Gasteiger partial charge is 0.367 e. The van der Waals surface area contributed by atoms with Crippen LogP contribution in [-0.2, 0) is 0 Å². The first kappa shape index (κ1) is 14.3.